The maximum Gasteiger partial charge on any atom is 0.251 e. The van der Waals surface area contributed by atoms with Crippen molar-refractivity contribution in [3.63, 3.8) is 0 Å². The molecule has 0 aliphatic heterocycles. The van der Waals surface area contributed by atoms with E-state index in [2.05, 4.69) is 31.1 Å². The summed E-state index contributed by atoms with van der Waals surface area (Å²) in [4.78, 5) is 28.7. The molecule has 144 valence electrons. The third-order valence-corrected chi connectivity index (χ3v) is 4.83. The highest BCUT2D eigenvalue weighted by Crippen LogP contribution is 2.15. The van der Waals surface area contributed by atoms with E-state index < -0.39 is 0 Å². The number of carbonyl (C=O) groups is 2. The number of hydrogen-bond acceptors (Lipinski definition) is 7. The number of carbonyl (C=O) groups excluding carboxylic acids is 2. The van der Waals surface area contributed by atoms with Crippen LogP contribution >= 0.6 is 11.8 Å². The summed E-state index contributed by atoms with van der Waals surface area (Å²) in [5.74, 6) is -0.215. The molecule has 0 radical (unpaired) electrons. The minimum Gasteiger partial charge on any atom is -0.344 e. The van der Waals surface area contributed by atoms with Crippen LogP contribution in [-0.4, -0.2) is 42.8 Å². The molecule has 10 heteroatoms. The first-order valence-electron chi connectivity index (χ1n) is 8.50. The number of anilines is 1. The molecular formula is C18H19N7O2S. The van der Waals surface area contributed by atoms with Gasteiger partial charge >= 0.3 is 0 Å². The van der Waals surface area contributed by atoms with Crippen LogP contribution in [0.4, 0.5) is 5.69 Å². The van der Waals surface area contributed by atoms with Crippen LogP contribution < -0.4 is 10.6 Å². The molecule has 0 aliphatic carbocycles. The summed E-state index contributed by atoms with van der Waals surface area (Å²) in [5, 5.41) is 17.3. The van der Waals surface area contributed by atoms with E-state index in [4.69, 9.17) is 0 Å². The molecular weight excluding hydrogens is 378 g/mol. The van der Waals surface area contributed by atoms with Gasteiger partial charge in [0.1, 0.15) is 0 Å². The minimum atomic E-state index is -0.208. The highest BCUT2D eigenvalue weighted by atomic mass is 32.2. The number of aromatic nitrogens is 5. The van der Waals surface area contributed by atoms with E-state index in [-0.39, 0.29) is 23.6 Å². The molecule has 1 unspecified atom stereocenters. The van der Waals surface area contributed by atoms with Crippen molar-refractivity contribution in [1.82, 2.24) is 30.5 Å². The molecule has 3 rings (SSSR count). The molecule has 9 nitrogen and oxygen atoms in total. The average molecular weight is 397 g/mol. The van der Waals surface area contributed by atoms with Gasteiger partial charge in [0, 0.05) is 24.5 Å². The molecule has 28 heavy (non-hydrogen) atoms. The Morgan fingerprint density at radius 1 is 1.18 bits per heavy atom. The fourth-order valence-corrected chi connectivity index (χ4v) is 3.01. The molecule has 3 aromatic rings. The lowest BCUT2D eigenvalue weighted by atomic mass is 10.1. The van der Waals surface area contributed by atoms with Crippen LogP contribution in [0, 0.1) is 0 Å². The smallest absolute Gasteiger partial charge is 0.251 e. The topological polar surface area (TPSA) is 115 Å². The van der Waals surface area contributed by atoms with Gasteiger partial charge in [-0.1, -0.05) is 17.8 Å². The maximum absolute atomic E-state index is 12.4. The van der Waals surface area contributed by atoms with Gasteiger partial charge < -0.3 is 10.6 Å². The third kappa shape index (κ3) is 5.13. The Morgan fingerprint density at radius 2 is 1.96 bits per heavy atom. The maximum atomic E-state index is 12.4. The van der Waals surface area contributed by atoms with Crippen LogP contribution in [0.15, 0.2) is 53.8 Å². The molecule has 2 aromatic heterocycles. The highest BCUT2D eigenvalue weighted by molar-refractivity contribution is 7.99. The second-order valence-electron chi connectivity index (χ2n) is 5.95. The molecule has 0 aliphatic rings. The number of nitrogens with one attached hydrogen (secondary N) is 2. The Hall–Kier alpha value is -3.27. The van der Waals surface area contributed by atoms with E-state index in [1.54, 1.807) is 37.5 Å². The van der Waals surface area contributed by atoms with E-state index in [0.29, 0.717) is 16.4 Å². The summed E-state index contributed by atoms with van der Waals surface area (Å²) in [6.07, 6.45) is 1.69. The summed E-state index contributed by atoms with van der Waals surface area (Å²) in [7, 11) is 1.71. The lowest BCUT2D eigenvalue weighted by molar-refractivity contribution is -0.113. The largest absolute Gasteiger partial charge is 0.344 e. The summed E-state index contributed by atoms with van der Waals surface area (Å²) >= 11 is 1.24. The molecule has 2 N–H and O–H groups in total. The van der Waals surface area contributed by atoms with Gasteiger partial charge in [-0.15, -0.1) is 5.10 Å². The molecule has 0 bridgehead atoms. The summed E-state index contributed by atoms with van der Waals surface area (Å²) < 4.78 is 1.50. The minimum absolute atomic E-state index is 0.179. The van der Waals surface area contributed by atoms with Crippen molar-refractivity contribution in [3.8, 4) is 0 Å². The Labute approximate surface area is 165 Å². The fourth-order valence-electron chi connectivity index (χ4n) is 2.36. The quantitative estimate of drug-likeness (QED) is 0.585. The van der Waals surface area contributed by atoms with E-state index in [9.17, 15) is 9.59 Å². The van der Waals surface area contributed by atoms with Gasteiger partial charge in [0.05, 0.1) is 17.5 Å². The predicted octanol–water partition coefficient (Wildman–Crippen LogP) is 1.83. The van der Waals surface area contributed by atoms with Crippen molar-refractivity contribution < 1.29 is 9.59 Å². The zero-order chi connectivity index (χ0) is 19.9. The van der Waals surface area contributed by atoms with Crippen LogP contribution in [0.5, 0.6) is 0 Å². The lowest BCUT2D eigenvalue weighted by Crippen LogP contribution is -2.27. The number of pyridine rings is 1. The number of tetrazole rings is 1. The van der Waals surface area contributed by atoms with E-state index in [1.165, 1.54) is 16.4 Å². The Morgan fingerprint density at radius 3 is 2.61 bits per heavy atom. The second-order valence-corrected chi connectivity index (χ2v) is 6.89. The Bertz CT molecular complexity index is 944. The SMILES string of the molecule is CC(NC(=O)c1ccc(NC(=O)CSc2nnnn2C)cc1)c1ccccn1. The predicted molar refractivity (Wildman–Crippen MR) is 105 cm³/mol. The van der Waals surface area contributed by atoms with Gasteiger partial charge in [0.15, 0.2) is 0 Å². The van der Waals surface area contributed by atoms with Crippen LogP contribution in [0.25, 0.3) is 0 Å². The van der Waals surface area contributed by atoms with Gasteiger partial charge in [-0.3, -0.25) is 14.6 Å². The summed E-state index contributed by atoms with van der Waals surface area (Å²) in [6.45, 7) is 1.87. The molecule has 0 saturated heterocycles. The van der Waals surface area contributed by atoms with Crippen molar-refractivity contribution in [1.29, 1.82) is 0 Å². The van der Waals surface area contributed by atoms with Crippen LogP contribution in [-0.2, 0) is 11.8 Å². The molecule has 0 spiro atoms. The Kier molecular flexibility index (Phi) is 6.33. The van der Waals surface area contributed by atoms with Crippen molar-refractivity contribution in [2.24, 2.45) is 7.05 Å². The fraction of sp³-hybridized carbons (Fsp3) is 0.222. The van der Waals surface area contributed by atoms with E-state index >= 15 is 0 Å². The number of nitrogens with zero attached hydrogens (tertiary/aromatic N) is 5. The normalized spacial score (nSPS) is 11.6. The van der Waals surface area contributed by atoms with Crippen molar-refractivity contribution in [3.05, 3.63) is 59.9 Å². The number of rotatable bonds is 7. The summed E-state index contributed by atoms with van der Waals surface area (Å²) in [5.41, 5.74) is 1.90. The third-order valence-electron chi connectivity index (χ3n) is 3.82. The first-order valence-corrected chi connectivity index (χ1v) is 9.48. The second kappa shape index (κ2) is 9.09. The standard InChI is InChI=1S/C18H19N7O2S/c1-12(15-5-3-4-10-19-15)20-17(27)13-6-8-14(9-7-13)21-16(26)11-28-18-22-23-24-25(18)2/h3-10,12H,11H2,1-2H3,(H,20,27)(H,21,26). The zero-order valence-corrected chi connectivity index (χ0v) is 16.2. The van der Waals surface area contributed by atoms with Crippen molar-refractivity contribution >= 4 is 29.3 Å². The average Bonchev–Trinajstić information content (AvgIpc) is 3.12. The van der Waals surface area contributed by atoms with Crippen LogP contribution in [0.2, 0.25) is 0 Å². The first kappa shape index (κ1) is 19.5. The summed E-state index contributed by atoms with van der Waals surface area (Å²) in [6, 6.07) is 12.1. The first-order chi connectivity index (χ1) is 13.5. The van der Waals surface area contributed by atoms with Gasteiger partial charge in [-0.2, -0.15) is 0 Å². The van der Waals surface area contributed by atoms with Gasteiger partial charge in [-0.05, 0) is 53.7 Å². The van der Waals surface area contributed by atoms with Gasteiger partial charge in [0.2, 0.25) is 11.1 Å². The van der Waals surface area contributed by atoms with Gasteiger partial charge in [0.25, 0.3) is 5.91 Å². The lowest BCUT2D eigenvalue weighted by Gasteiger charge is -2.13. The van der Waals surface area contributed by atoms with Crippen molar-refractivity contribution in [2.45, 2.75) is 18.1 Å². The van der Waals surface area contributed by atoms with E-state index in [1.807, 2.05) is 25.1 Å². The molecule has 1 atom stereocenters. The van der Waals surface area contributed by atoms with Gasteiger partial charge in [-0.25, -0.2) is 4.68 Å². The number of aryl methyl sites for hydroxylation is 1. The van der Waals surface area contributed by atoms with Crippen molar-refractivity contribution in [2.75, 3.05) is 11.1 Å². The highest BCUT2D eigenvalue weighted by Gasteiger charge is 2.13. The molecule has 2 heterocycles. The number of amides is 2. The monoisotopic (exact) mass is 397 g/mol. The van der Waals surface area contributed by atoms with Crippen LogP contribution in [0.1, 0.15) is 29.0 Å². The molecule has 0 saturated carbocycles. The zero-order valence-electron chi connectivity index (χ0n) is 15.4. The molecule has 2 amide bonds. The van der Waals surface area contributed by atoms with Crippen LogP contribution in [0.3, 0.4) is 0 Å². The molecule has 0 fully saturated rings. The van der Waals surface area contributed by atoms with E-state index in [0.717, 1.165) is 5.69 Å². The number of thioether (sulfide) groups is 1. The number of hydrogen-bond donors (Lipinski definition) is 2. The molecule has 1 aromatic carbocycles. The Balaban J connectivity index is 1.52. The number of benzene rings is 1.